The van der Waals surface area contributed by atoms with Crippen molar-refractivity contribution in [1.29, 1.82) is 0 Å². The fourth-order valence-electron chi connectivity index (χ4n) is 5.12. The van der Waals surface area contributed by atoms with Crippen molar-refractivity contribution in [3.63, 3.8) is 0 Å². The summed E-state index contributed by atoms with van der Waals surface area (Å²) < 4.78 is 16.6. The average molecular weight is 717 g/mol. The molecule has 0 aliphatic heterocycles. The maximum atomic E-state index is 16.6. The van der Waals surface area contributed by atoms with Crippen molar-refractivity contribution < 1.29 is 4.57 Å². The summed E-state index contributed by atoms with van der Waals surface area (Å²) in [4.78, 5) is 4.99. The average Bonchev–Trinajstić information content (AvgIpc) is 3.11. The Morgan fingerprint density at radius 1 is 0.356 bits per heavy atom. The van der Waals surface area contributed by atoms with Crippen molar-refractivity contribution in [1.82, 2.24) is 0 Å². The molecule has 0 bridgehead atoms. The van der Waals surface area contributed by atoms with Gasteiger partial charge in [0, 0.05) is 0 Å². The molecule has 0 spiro atoms. The third-order valence-corrected chi connectivity index (χ3v) is 39.9. The summed E-state index contributed by atoms with van der Waals surface area (Å²) in [5.41, 5.74) is 0. The van der Waals surface area contributed by atoms with Gasteiger partial charge in [-0.05, 0) is 0 Å². The van der Waals surface area contributed by atoms with E-state index in [4.69, 9.17) is 0 Å². The molecule has 0 aliphatic carbocycles. The Balaban J connectivity index is 1.59. The maximum absolute atomic E-state index is 16.6. The van der Waals surface area contributed by atoms with E-state index in [0.717, 1.165) is 10.6 Å². The fraction of sp³-hybridized carbons (Fsp3) is 0.0270. The van der Waals surface area contributed by atoms with Crippen molar-refractivity contribution in [2.24, 2.45) is 0 Å². The summed E-state index contributed by atoms with van der Waals surface area (Å²) >= 11 is 7.98. The van der Waals surface area contributed by atoms with Crippen LogP contribution in [0.3, 0.4) is 0 Å². The van der Waals surface area contributed by atoms with Gasteiger partial charge in [0.05, 0.1) is 0 Å². The van der Waals surface area contributed by atoms with E-state index in [1.54, 1.807) is 0 Å². The van der Waals surface area contributed by atoms with E-state index < -0.39 is 19.8 Å². The summed E-state index contributed by atoms with van der Waals surface area (Å²) in [6.07, 6.45) is -4.03. The topological polar surface area (TPSA) is 17.1 Å². The van der Waals surface area contributed by atoms with Gasteiger partial charge >= 0.3 is 287 Å². The summed E-state index contributed by atoms with van der Waals surface area (Å²) in [6, 6.07) is 63.7. The summed E-state index contributed by atoms with van der Waals surface area (Å²) in [5.74, 6) is 0. The summed E-state index contributed by atoms with van der Waals surface area (Å²) in [6.45, 7) is 0. The van der Waals surface area contributed by atoms with E-state index in [0.29, 0.717) is 0 Å². The van der Waals surface area contributed by atoms with Gasteiger partial charge in [-0.1, -0.05) is 0 Å². The quantitative estimate of drug-likeness (QED) is 0.110. The van der Waals surface area contributed by atoms with Crippen LogP contribution in [0.4, 0.5) is 0 Å². The number of rotatable bonds is 13. The summed E-state index contributed by atoms with van der Waals surface area (Å²) in [5, 5.41) is 1.93. The molecule has 6 aromatic carbocycles. The number of hydrogen-bond acceptors (Lipinski definition) is 5. The van der Waals surface area contributed by atoms with Crippen molar-refractivity contribution in [3.05, 3.63) is 182 Å². The van der Waals surface area contributed by atoms with Crippen LogP contribution >= 0.6 is 65.3 Å². The van der Waals surface area contributed by atoms with E-state index in [1.165, 1.54) is 19.6 Å². The minimum atomic E-state index is -3.15. The molecule has 0 heterocycles. The molecule has 0 saturated heterocycles. The van der Waals surface area contributed by atoms with Crippen molar-refractivity contribution in [2.45, 2.75) is 24.7 Å². The molecule has 0 amide bonds. The molecule has 228 valence electrons. The molecule has 8 heteroatoms. The Labute approximate surface area is 285 Å². The Morgan fingerprint density at radius 3 is 0.822 bits per heavy atom. The zero-order valence-corrected chi connectivity index (χ0v) is 31.0. The Hall–Kier alpha value is -2.19. The van der Waals surface area contributed by atoms with Crippen LogP contribution in [0.2, 0.25) is 0 Å². The van der Waals surface area contributed by atoms with Gasteiger partial charge in [-0.15, -0.1) is 0 Å². The van der Waals surface area contributed by atoms with Crippen LogP contribution in [-0.2, 0) is 4.57 Å². The second kappa shape index (κ2) is 16.6. The van der Waals surface area contributed by atoms with Gasteiger partial charge in [0.25, 0.3) is 0 Å². The SMILES string of the molecule is O=P(c1ccccc1)(c1ccccc1)C([PH2](Sc1ccccc1)Sc1ccccc1)[PH2](Sc1ccccc1)Sc1ccccc1. The molecule has 6 rings (SSSR count). The monoisotopic (exact) mass is 716 g/mol. The van der Waals surface area contributed by atoms with E-state index >= 15 is 4.57 Å². The summed E-state index contributed by atoms with van der Waals surface area (Å²) in [7, 11) is -3.15. The van der Waals surface area contributed by atoms with Gasteiger partial charge in [-0.3, -0.25) is 0 Å². The Morgan fingerprint density at radius 2 is 0.578 bits per heavy atom. The third kappa shape index (κ3) is 8.59. The first-order valence-corrected chi connectivity index (χ1v) is 27.1. The molecule has 1 nitrogen and oxygen atoms in total. The first-order valence-electron chi connectivity index (χ1n) is 14.8. The molecule has 6 aromatic rings. The number of hydrogen-bond donors (Lipinski definition) is 0. The van der Waals surface area contributed by atoms with Crippen LogP contribution in [0, 0.1) is 0 Å². The van der Waals surface area contributed by atoms with E-state index in [-0.39, 0.29) is 5.14 Å². The third-order valence-electron chi connectivity index (χ3n) is 7.24. The standard InChI is InChI=1S/C37H35OP3S4/c38-41(31-19-7-1-8-20-31,32-21-9-2-10-22-32)37(39(42-33-23-11-3-12-24-33)43-34-25-13-4-14-26-34)40(44-35-27-15-5-16-28-35)45-36-29-17-6-18-30-36/h1-30,37H,39-40H2. The van der Waals surface area contributed by atoms with E-state index in [1.807, 2.05) is 57.7 Å². The van der Waals surface area contributed by atoms with Gasteiger partial charge in [-0.2, -0.15) is 0 Å². The second-order valence-corrected chi connectivity index (χ2v) is 31.6. The number of benzene rings is 6. The van der Waals surface area contributed by atoms with Crippen LogP contribution in [0.1, 0.15) is 0 Å². The van der Waals surface area contributed by atoms with Crippen molar-refractivity contribution in [3.8, 4) is 0 Å². The molecule has 0 radical (unpaired) electrons. The molecule has 0 fully saturated rings. The molecular formula is C37H35OP3S4. The predicted octanol–water partition coefficient (Wildman–Crippen LogP) is 12.0. The zero-order chi connectivity index (χ0) is 30.7. The minimum absolute atomic E-state index is 0.00752. The zero-order valence-electron chi connectivity index (χ0n) is 24.5. The second-order valence-electron chi connectivity index (χ2n) is 10.3. The van der Waals surface area contributed by atoms with Gasteiger partial charge in [0.2, 0.25) is 0 Å². The van der Waals surface area contributed by atoms with E-state index in [9.17, 15) is 0 Å². The molecule has 45 heavy (non-hydrogen) atoms. The van der Waals surface area contributed by atoms with Crippen molar-refractivity contribution >= 4 is 75.9 Å². The van der Waals surface area contributed by atoms with Gasteiger partial charge in [0.1, 0.15) is 0 Å². The first-order chi connectivity index (χ1) is 22.2. The Bertz CT molecular complexity index is 1570. The van der Waals surface area contributed by atoms with Crippen LogP contribution in [-0.4, -0.2) is 5.14 Å². The molecular weight excluding hydrogens is 682 g/mol. The van der Waals surface area contributed by atoms with Crippen molar-refractivity contribution in [2.75, 3.05) is 0 Å². The van der Waals surface area contributed by atoms with Gasteiger partial charge < -0.3 is 0 Å². The molecule has 0 aliphatic rings. The Kier molecular flexibility index (Phi) is 12.1. The molecule has 0 saturated carbocycles. The molecule has 0 aromatic heterocycles. The predicted molar refractivity (Wildman–Crippen MR) is 212 cm³/mol. The fourth-order valence-corrected chi connectivity index (χ4v) is 48.5. The molecule has 0 unspecified atom stereocenters. The van der Waals surface area contributed by atoms with Gasteiger partial charge in [-0.25, -0.2) is 0 Å². The van der Waals surface area contributed by atoms with E-state index in [2.05, 4.69) is 170 Å². The molecule has 0 atom stereocenters. The van der Waals surface area contributed by atoms with Crippen LogP contribution in [0.15, 0.2) is 202 Å². The van der Waals surface area contributed by atoms with Crippen LogP contribution < -0.4 is 10.6 Å². The van der Waals surface area contributed by atoms with Crippen LogP contribution in [0.25, 0.3) is 0 Å². The first kappa shape index (κ1) is 32.7. The molecule has 0 N–H and O–H groups in total. The normalized spacial score (nSPS) is 12.7. The van der Waals surface area contributed by atoms with Gasteiger partial charge in [0.15, 0.2) is 0 Å². The van der Waals surface area contributed by atoms with Crippen LogP contribution in [0.5, 0.6) is 0 Å².